The summed E-state index contributed by atoms with van der Waals surface area (Å²) in [7, 11) is 0. The van der Waals surface area contributed by atoms with Gasteiger partial charge in [-0.1, -0.05) is 19.4 Å². The van der Waals surface area contributed by atoms with Gasteiger partial charge in [0, 0.05) is 43.1 Å². The van der Waals surface area contributed by atoms with Gasteiger partial charge in [0.25, 0.3) is 11.5 Å². The Bertz CT molecular complexity index is 888. The second kappa shape index (κ2) is 7.35. The lowest BCUT2D eigenvalue weighted by molar-refractivity contribution is 0.0733. The lowest BCUT2D eigenvalue weighted by atomic mass is 10.2. The molecule has 6 nitrogen and oxygen atoms in total. The van der Waals surface area contributed by atoms with Crippen LogP contribution in [0, 0.1) is 0 Å². The number of nitrogens with zero attached hydrogens (tertiary/aromatic N) is 4. The van der Waals surface area contributed by atoms with Crippen molar-refractivity contribution < 1.29 is 4.79 Å². The number of unbranched alkanes of at least 4 members (excludes halogenated alkanes) is 1. The monoisotopic (exact) mass is 342 g/mol. The van der Waals surface area contributed by atoms with Gasteiger partial charge in [0.2, 0.25) is 0 Å². The first-order chi connectivity index (χ1) is 11.7. The maximum atomic E-state index is 13.0. The van der Waals surface area contributed by atoms with Crippen LogP contribution < -0.4 is 5.56 Å². The van der Waals surface area contributed by atoms with E-state index in [2.05, 4.69) is 16.9 Å². The Balaban J connectivity index is 1.95. The Kier molecular flexibility index (Phi) is 5.00. The van der Waals surface area contributed by atoms with E-state index in [0.717, 1.165) is 18.4 Å². The number of amides is 1. The molecule has 0 bridgehead atoms. The van der Waals surface area contributed by atoms with Crippen molar-refractivity contribution in [2.24, 2.45) is 0 Å². The van der Waals surface area contributed by atoms with Gasteiger partial charge in [-0.3, -0.25) is 19.0 Å². The highest BCUT2D eigenvalue weighted by Crippen LogP contribution is 2.14. The lowest BCUT2D eigenvalue weighted by Gasteiger charge is -2.23. The predicted molar refractivity (Wildman–Crippen MR) is 93.2 cm³/mol. The second-order valence-electron chi connectivity index (χ2n) is 5.48. The maximum absolute atomic E-state index is 13.0. The van der Waals surface area contributed by atoms with Gasteiger partial charge < -0.3 is 4.90 Å². The standard InChI is InChI=1S/C17H18N4O2S/c1-2-3-7-20(12-13-5-4-6-18-11-13)16(23)14-10-15(22)19-17-21(14)8-9-24-17/h4-6,8-11H,2-3,7,12H2,1H3. The molecule has 0 aliphatic carbocycles. The minimum Gasteiger partial charge on any atom is -0.333 e. The van der Waals surface area contributed by atoms with E-state index >= 15 is 0 Å². The van der Waals surface area contributed by atoms with E-state index in [1.807, 2.05) is 17.5 Å². The van der Waals surface area contributed by atoms with Gasteiger partial charge in [-0.15, -0.1) is 11.3 Å². The Morgan fingerprint density at radius 3 is 3.04 bits per heavy atom. The first-order valence-electron chi connectivity index (χ1n) is 7.84. The number of hydrogen-bond acceptors (Lipinski definition) is 5. The fourth-order valence-corrected chi connectivity index (χ4v) is 3.21. The van der Waals surface area contributed by atoms with E-state index in [0.29, 0.717) is 23.7 Å². The molecule has 0 N–H and O–H groups in total. The Hall–Kier alpha value is -2.54. The summed E-state index contributed by atoms with van der Waals surface area (Å²) in [6.45, 7) is 3.18. The molecule has 0 spiro atoms. The molecule has 0 saturated carbocycles. The summed E-state index contributed by atoms with van der Waals surface area (Å²) < 4.78 is 1.68. The minimum absolute atomic E-state index is 0.166. The van der Waals surface area contributed by atoms with Crippen molar-refractivity contribution in [3.05, 3.63) is 63.8 Å². The molecule has 0 aliphatic rings. The first-order valence-corrected chi connectivity index (χ1v) is 8.72. The number of fused-ring (bicyclic) bond motifs is 1. The van der Waals surface area contributed by atoms with E-state index in [-0.39, 0.29) is 5.91 Å². The Morgan fingerprint density at radius 2 is 2.29 bits per heavy atom. The molecule has 7 heteroatoms. The molecule has 3 rings (SSSR count). The number of aromatic nitrogens is 3. The van der Waals surface area contributed by atoms with E-state index in [1.165, 1.54) is 17.4 Å². The summed E-state index contributed by atoms with van der Waals surface area (Å²) in [5.74, 6) is -0.166. The first kappa shape index (κ1) is 16.3. The van der Waals surface area contributed by atoms with Crippen LogP contribution in [0.2, 0.25) is 0 Å². The molecule has 24 heavy (non-hydrogen) atoms. The molecule has 0 unspecified atom stereocenters. The molecule has 0 fully saturated rings. The van der Waals surface area contributed by atoms with Crippen molar-refractivity contribution in [3.8, 4) is 0 Å². The molecule has 1 amide bonds. The molecule has 0 aromatic carbocycles. The van der Waals surface area contributed by atoms with Crippen molar-refractivity contribution in [2.45, 2.75) is 26.3 Å². The molecule has 3 aromatic rings. The highest BCUT2D eigenvalue weighted by atomic mass is 32.1. The molecule has 0 radical (unpaired) electrons. The van der Waals surface area contributed by atoms with E-state index in [4.69, 9.17) is 0 Å². The van der Waals surface area contributed by atoms with Crippen molar-refractivity contribution in [1.82, 2.24) is 19.3 Å². The minimum atomic E-state index is -0.391. The normalized spacial score (nSPS) is 10.9. The predicted octanol–water partition coefficient (Wildman–Crippen LogP) is 2.59. The number of hydrogen-bond donors (Lipinski definition) is 0. The molecule has 3 heterocycles. The number of carbonyl (C=O) groups is 1. The Labute approximate surface area is 143 Å². The lowest BCUT2D eigenvalue weighted by Crippen LogP contribution is -2.33. The highest BCUT2D eigenvalue weighted by Gasteiger charge is 2.19. The molecular weight excluding hydrogens is 324 g/mol. The van der Waals surface area contributed by atoms with Crippen LogP contribution in [0.5, 0.6) is 0 Å². The zero-order chi connectivity index (χ0) is 16.9. The third-order valence-corrected chi connectivity index (χ3v) is 4.46. The van der Waals surface area contributed by atoms with Crippen LogP contribution in [-0.4, -0.2) is 31.7 Å². The summed E-state index contributed by atoms with van der Waals surface area (Å²) >= 11 is 1.34. The second-order valence-corrected chi connectivity index (χ2v) is 6.35. The van der Waals surface area contributed by atoms with Crippen LogP contribution >= 0.6 is 11.3 Å². The average Bonchev–Trinajstić information content (AvgIpc) is 3.06. The quantitative estimate of drug-likeness (QED) is 0.690. The summed E-state index contributed by atoms with van der Waals surface area (Å²) in [6.07, 6.45) is 7.12. The number of pyridine rings is 1. The molecule has 0 aliphatic heterocycles. The topological polar surface area (TPSA) is 67.6 Å². The molecular formula is C17H18N4O2S. The van der Waals surface area contributed by atoms with Gasteiger partial charge in [-0.2, -0.15) is 4.98 Å². The fraction of sp³-hybridized carbons (Fsp3) is 0.294. The van der Waals surface area contributed by atoms with Crippen LogP contribution in [-0.2, 0) is 6.54 Å². The maximum Gasteiger partial charge on any atom is 0.274 e. The van der Waals surface area contributed by atoms with Crippen LogP contribution in [0.3, 0.4) is 0 Å². The largest absolute Gasteiger partial charge is 0.333 e. The molecule has 3 aromatic heterocycles. The van der Waals surface area contributed by atoms with E-state index in [1.54, 1.807) is 27.9 Å². The van der Waals surface area contributed by atoms with Gasteiger partial charge in [0.1, 0.15) is 5.69 Å². The van der Waals surface area contributed by atoms with Crippen molar-refractivity contribution in [1.29, 1.82) is 0 Å². The van der Waals surface area contributed by atoms with E-state index < -0.39 is 5.56 Å². The van der Waals surface area contributed by atoms with Crippen molar-refractivity contribution >= 4 is 22.2 Å². The molecule has 124 valence electrons. The third kappa shape index (κ3) is 3.51. The number of carbonyl (C=O) groups excluding carboxylic acids is 1. The molecule has 0 atom stereocenters. The SMILES string of the molecule is CCCCN(Cc1cccnc1)C(=O)c1cc(=O)nc2sccn12. The van der Waals surface area contributed by atoms with Crippen LogP contribution in [0.4, 0.5) is 0 Å². The average molecular weight is 342 g/mol. The van der Waals surface area contributed by atoms with Crippen LogP contribution in [0.15, 0.2) is 47.0 Å². The third-order valence-electron chi connectivity index (χ3n) is 3.70. The van der Waals surface area contributed by atoms with E-state index in [9.17, 15) is 9.59 Å². The number of rotatable bonds is 6. The zero-order valence-electron chi connectivity index (χ0n) is 13.4. The highest BCUT2D eigenvalue weighted by molar-refractivity contribution is 7.15. The van der Waals surface area contributed by atoms with Gasteiger partial charge in [-0.25, -0.2) is 0 Å². The van der Waals surface area contributed by atoms with Gasteiger partial charge in [-0.05, 0) is 18.1 Å². The van der Waals surface area contributed by atoms with Gasteiger partial charge >= 0.3 is 0 Å². The van der Waals surface area contributed by atoms with Crippen molar-refractivity contribution in [2.75, 3.05) is 6.54 Å². The van der Waals surface area contributed by atoms with Crippen molar-refractivity contribution in [3.63, 3.8) is 0 Å². The van der Waals surface area contributed by atoms with Crippen LogP contribution in [0.25, 0.3) is 4.96 Å². The van der Waals surface area contributed by atoms with Gasteiger partial charge in [0.15, 0.2) is 4.96 Å². The zero-order valence-corrected chi connectivity index (χ0v) is 14.2. The van der Waals surface area contributed by atoms with Crippen LogP contribution in [0.1, 0.15) is 35.8 Å². The number of thiazole rings is 1. The van der Waals surface area contributed by atoms with Gasteiger partial charge in [0.05, 0.1) is 0 Å². The fourth-order valence-electron chi connectivity index (χ4n) is 2.49. The summed E-state index contributed by atoms with van der Waals surface area (Å²) in [6, 6.07) is 5.11. The Morgan fingerprint density at radius 1 is 1.42 bits per heavy atom. The summed E-state index contributed by atoms with van der Waals surface area (Å²) in [5, 5.41) is 1.82. The summed E-state index contributed by atoms with van der Waals surface area (Å²) in [5.41, 5.74) is 0.925. The smallest absolute Gasteiger partial charge is 0.274 e. The summed E-state index contributed by atoms with van der Waals surface area (Å²) in [4.78, 5) is 35.2. The molecule has 0 saturated heterocycles.